The highest BCUT2D eigenvalue weighted by Crippen LogP contribution is 2.09. The van der Waals surface area contributed by atoms with E-state index in [1.165, 1.54) is 0 Å². The molecule has 1 aromatic rings. The van der Waals surface area contributed by atoms with E-state index >= 15 is 0 Å². The van der Waals surface area contributed by atoms with E-state index in [2.05, 4.69) is 0 Å². The second kappa shape index (κ2) is 6.22. The van der Waals surface area contributed by atoms with Gasteiger partial charge < -0.3 is 9.84 Å². The van der Waals surface area contributed by atoms with Gasteiger partial charge in [0.25, 0.3) is 0 Å². The Bertz CT molecular complexity index is 267. The van der Waals surface area contributed by atoms with Gasteiger partial charge in [-0.2, -0.15) is 0 Å². The molecule has 14 heavy (non-hydrogen) atoms. The van der Waals surface area contributed by atoms with Crippen molar-refractivity contribution in [3.63, 3.8) is 0 Å². The number of aliphatic hydroxyl groups excluding tert-OH is 1. The summed E-state index contributed by atoms with van der Waals surface area (Å²) in [5, 5.41) is 9.47. The van der Waals surface area contributed by atoms with E-state index in [1.54, 1.807) is 0 Å². The van der Waals surface area contributed by atoms with Crippen molar-refractivity contribution in [2.75, 3.05) is 6.61 Å². The third kappa shape index (κ3) is 4.10. The highest BCUT2D eigenvalue weighted by atomic mass is 16.5. The average molecular weight is 192 g/mol. The van der Waals surface area contributed by atoms with Crippen LogP contribution in [0.15, 0.2) is 42.5 Å². The molecule has 0 aliphatic heterocycles. The van der Waals surface area contributed by atoms with Crippen LogP contribution in [0.3, 0.4) is 0 Å². The first kappa shape index (κ1) is 10.8. The molecule has 2 nitrogen and oxygen atoms in total. The van der Waals surface area contributed by atoms with Gasteiger partial charge in [0.15, 0.2) is 0 Å². The molecule has 0 saturated heterocycles. The summed E-state index contributed by atoms with van der Waals surface area (Å²) in [5.74, 6) is 0.798. The topological polar surface area (TPSA) is 29.5 Å². The zero-order valence-electron chi connectivity index (χ0n) is 8.39. The van der Waals surface area contributed by atoms with Crippen molar-refractivity contribution in [2.45, 2.75) is 19.4 Å². The first-order chi connectivity index (χ1) is 6.83. The highest BCUT2D eigenvalue weighted by Gasteiger charge is 2.01. The monoisotopic (exact) mass is 192 g/mol. The van der Waals surface area contributed by atoms with E-state index in [9.17, 15) is 5.11 Å². The largest absolute Gasteiger partial charge is 0.491 e. The van der Waals surface area contributed by atoms with Crippen molar-refractivity contribution in [3.8, 4) is 5.75 Å². The number of para-hydroxylation sites is 1. The van der Waals surface area contributed by atoms with Crippen LogP contribution in [-0.4, -0.2) is 17.8 Å². The van der Waals surface area contributed by atoms with Crippen LogP contribution in [0.4, 0.5) is 0 Å². The van der Waals surface area contributed by atoms with Gasteiger partial charge in [-0.3, -0.25) is 0 Å². The fourth-order valence-electron chi connectivity index (χ4n) is 1.07. The SMILES string of the molecule is CC=CCC(O)COc1ccccc1. The lowest BCUT2D eigenvalue weighted by Crippen LogP contribution is -2.16. The number of hydrogen-bond acceptors (Lipinski definition) is 2. The van der Waals surface area contributed by atoms with E-state index in [0.29, 0.717) is 13.0 Å². The second-order valence-electron chi connectivity index (χ2n) is 3.08. The van der Waals surface area contributed by atoms with Gasteiger partial charge in [-0.05, 0) is 25.5 Å². The maximum atomic E-state index is 9.47. The minimum absolute atomic E-state index is 0.342. The molecule has 0 radical (unpaired) electrons. The Morgan fingerprint density at radius 1 is 1.36 bits per heavy atom. The predicted molar refractivity (Wildman–Crippen MR) is 57.4 cm³/mol. The Morgan fingerprint density at radius 3 is 2.71 bits per heavy atom. The summed E-state index contributed by atoms with van der Waals surface area (Å²) in [7, 11) is 0. The maximum absolute atomic E-state index is 9.47. The summed E-state index contributed by atoms with van der Waals surface area (Å²) in [6, 6.07) is 9.51. The molecule has 1 unspecified atom stereocenters. The molecule has 76 valence electrons. The van der Waals surface area contributed by atoms with Gasteiger partial charge in [0.2, 0.25) is 0 Å². The summed E-state index contributed by atoms with van der Waals surface area (Å²) in [5.41, 5.74) is 0. The van der Waals surface area contributed by atoms with Gasteiger partial charge >= 0.3 is 0 Å². The lowest BCUT2D eigenvalue weighted by Gasteiger charge is -2.09. The van der Waals surface area contributed by atoms with Gasteiger partial charge in [-0.25, -0.2) is 0 Å². The molecule has 1 atom stereocenters. The molecule has 0 heterocycles. The fraction of sp³-hybridized carbons (Fsp3) is 0.333. The molecule has 0 spiro atoms. The van der Waals surface area contributed by atoms with Crippen LogP contribution in [0.5, 0.6) is 5.75 Å². The van der Waals surface area contributed by atoms with E-state index in [1.807, 2.05) is 49.4 Å². The molecule has 0 amide bonds. The van der Waals surface area contributed by atoms with E-state index in [0.717, 1.165) is 5.75 Å². The molecule has 2 heteroatoms. The van der Waals surface area contributed by atoms with Crippen LogP contribution < -0.4 is 4.74 Å². The zero-order valence-corrected chi connectivity index (χ0v) is 8.39. The lowest BCUT2D eigenvalue weighted by atomic mass is 10.2. The Morgan fingerprint density at radius 2 is 2.07 bits per heavy atom. The molecular formula is C12H16O2. The number of allylic oxidation sites excluding steroid dienone is 1. The smallest absolute Gasteiger partial charge is 0.119 e. The molecule has 1 aromatic carbocycles. The fourth-order valence-corrected chi connectivity index (χ4v) is 1.07. The van der Waals surface area contributed by atoms with Crippen LogP contribution in [0.1, 0.15) is 13.3 Å². The quantitative estimate of drug-likeness (QED) is 0.726. The van der Waals surface area contributed by atoms with Gasteiger partial charge in [0, 0.05) is 0 Å². The maximum Gasteiger partial charge on any atom is 0.119 e. The minimum Gasteiger partial charge on any atom is -0.491 e. The molecule has 0 aromatic heterocycles. The molecule has 0 bridgehead atoms. The van der Waals surface area contributed by atoms with E-state index in [4.69, 9.17) is 4.74 Å². The normalized spacial score (nSPS) is 13.0. The molecular weight excluding hydrogens is 176 g/mol. The van der Waals surface area contributed by atoms with Crippen LogP contribution in [0.2, 0.25) is 0 Å². The van der Waals surface area contributed by atoms with E-state index in [-0.39, 0.29) is 0 Å². The predicted octanol–water partition coefficient (Wildman–Crippen LogP) is 2.39. The number of aliphatic hydroxyl groups is 1. The van der Waals surface area contributed by atoms with Crippen LogP contribution in [-0.2, 0) is 0 Å². The molecule has 0 aliphatic carbocycles. The second-order valence-corrected chi connectivity index (χ2v) is 3.08. The highest BCUT2D eigenvalue weighted by molar-refractivity contribution is 5.20. The van der Waals surface area contributed by atoms with Crippen LogP contribution >= 0.6 is 0 Å². The summed E-state index contributed by atoms with van der Waals surface area (Å²) < 4.78 is 5.38. The van der Waals surface area contributed by atoms with Crippen LogP contribution in [0.25, 0.3) is 0 Å². The molecule has 1 rings (SSSR count). The summed E-state index contributed by atoms with van der Waals surface area (Å²) >= 11 is 0. The number of benzene rings is 1. The lowest BCUT2D eigenvalue weighted by molar-refractivity contribution is 0.110. The number of hydrogen-bond donors (Lipinski definition) is 1. The molecule has 0 saturated carbocycles. The standard InChI is InChI=1S/C12H16O2/c1-2-3-7-11(13)10-14-12-8-5-4-6-9-12/h2-6,8-9,11,13H,7,10H2,1H3. The number of ether oxygens (including phenoxy) is 1. The first-order valence-corrected chi connectivity index (χ1v) is 4.80. The molecule has 0 fully saturated rings. The first-order valence-electron chi connectivity index (χ1n) is 4.80. The van der Waals surface area contributed by atoms with Crippen molar-refractivity contribution in [1.82, 2.24) is 0 Å². The Kier molecular flexibility index (Phi) is 4.79. The van der Waals surface area contributed by atoms with E-state index < -0.39 is 6.10 Å². The summed E-state index contributed by atoms with van der Waals surface area (Å²) in [6.45, 7) is 2.28. The third-order valence-corrected chi connectivity index (χ3v) is 1.83. The van der Waals surface area contributed by atoms with Gasteiger partial charge in [-0.1, -0.05) is 30.4 Å². The van der Waals surface area contributed by atoms with Gasteiger partial charge in [0.05, 0.1) is 6.10 Å². The van der Waals surface area contributed by atoms with Crippen molar-refractivity contribution in [3.05, 3.63) is 42.5 Å². The summed E-state index contributed by atoms with van der Waals surface area (Å²) in [4.78, 5) is 0. The zero-order chi connectivity index (χ0) is 10.2. The Hall–Kier alpha value is -1.28. The Balaban J connectivity index is 2.27. The third-order valence-electron chi connectivity index (χ3n) is 1.83. The summed E-state index contributed by atoms with van der Waals surface area (Å²) in [6.07, 6.45) is 4.07. The van der Waals surface area contributed by atoms with Crippen molar-refractivity contribution < 1.29 is 9.84 Å². The van der Waals surface area contributed by atoms with Gasteiger partial charge in [-0.15, -0.1) is 0 Å². The van der Waals surface area contributed by atoms with Crippen molar-refractivity contribution >= 4 is 0 Å². The van der Waals surface area contributed by atoms with Crippen LogP contribution in [0, 0.1) is 0 Å². The number of rotatable bonds is 5. The average Bonchev–Trinajstić information content (AvgIpc) is 2.25. The molecule has 1 N–H and O–H groups in total. The minimum atomic E-state index is -0.425. The molecule has 0 aliphatic rings. The van der Waals surface area contributed by atoms with Gasteiger partial charge in [0.1, 0.15) is 12.4 Å². The Labute approximate surface area is 84.8 Å². The van der Waals surface area contributed by atoms with Crippen molar-refractivity contribution in [2.24, 2.45) is 0 Å². The van der Waals surface area contributed by atoms with Crippen molar-refractivity contribution in [1.29, 1.82) is 0 Å².